The first-order valence-electron chi connectivity index (χ1n) is 8.21. The third kappa shape index (κ3) is 2.98. The summed E-state index contributed by atoms with van der Waals surface area (Å²) in [6, 6.07) is 14.4. The van der Waals surface area contributed by atoms with Crippen LogP contribution in [0.5, 0.6) is 0 Å². The van der Waals surface area contributed by atoms with Crippen LogP contribution in [0.1, 0.15) is 12.0 Å². The van der Waals surface area contributed by atoms with Crippen LogP contribution in [0.2, 0.25) is 0 Å². The molecule has 0 saturated carbocycles. The van der Waals surface area contributed by atoms with E-state index >= 15 is 0 Å². The van der Waals surface area contributed by atoms with Crippen LogP contribution in [0.3, 0.4) is 0 Å². The van der Waals surface area contributed by atoms with Crippen molar-refractivity contribution in [2.75, 3.05) is 22.5 Å². The Morgan fingerprint density at radius 2 is 1.84 bits per heavy atom. The van der Waals surface area contributed by atoms with E-state index in [2.05, 4.69) is 32.3 Å². The molecular weight excluding hydrogens is 317 g/mol. The van der Waals surface area contributed by atoms with Gasteiger partial charge >= 0.3 is 0 Å². The van der Waals surface area contributed by atoms with Crippen LogP contribution in [-0.4, -0.2) is 16.5 Å². The van der Waals surface area contributed by atoms with Crippen LogP contribution in [0.4, 0.5) is 33.1 Å². The van der Waals surface area contributed by atoms with Crippen molar-refractivity contribution in [3.63, 3.8) is 0 Å². The van der Waals surface area contributed by atoms with Gasteiger partial charge in [0.05, 0.1) is 0 Å². The molecule has 1 aliphatic heterocycles. The van der Waals surface area contributed by atoms with Crippen molar-refractivity contribution in [1.82, 2.24) is 9.97 Å². The van der Waals surface area contributed by atoms with Crippen LogP contribution in [-0.2, 0) is 6.42 Å². The highest BCUT2D eigenvalue weighted by Crippen LogP contribution is 2.37. The number of nitrogens with two attached hydrogens (primary N) is 1. The van der Waals surface area contributed by atoms with Crippen molar-refractivity contribution in [1.29, 1.82) is 0 Å². The quantitative estimate of drug-likeness (QED) is 0.756. The van der Waals surface area contributed by atoms with Gasteiger partial charge in [-0.2, -0.15) is 0 Å². The number of aryl methyl sites for hydroxylation is 1. The average Bonchev–Trinajstić information content (AvgIpc) is 2.65. The van der Waals surface area contributed by atoms with Crippen LogP contribution in [0.15, 0.2) is 54.9 Å². The van der Waals surface area contributed by atoms with E-state index in [9.17, 15) is 4.39 Å². The Morgan fingerprint density at radius 3 is 2.68 bits per heavy atom. The van der Waals surface area contributed by atoms with Gasteiger partial charge in [-0.25, -0.2) is 14.4 Å². The third-order valence-electron chi connectivity index (χ3n) is 4.34. The molecule has 0 aliphatic carbocycles. The van der Waals surface area contributed by atoms with E-state index < -0.39 is 0 Å². The van der Waals surface area contributed by atoms with E-state index in [-0.39, 0.29) is 5.82 Å². The number of nitrogens with one attached hydrogen (secondary N) is 1. The Kier molecular flexibility index (Phi) is 3.93. The molecule has 126 valence electrons. The Morgan fingerprint density at radius 1 is 1.04 bits per heavy atom. The predicted molar refractivity (Wildman–Crippen MR) is 97.9 cm³/mol. The van der Waals surface area contributed by atoms with E-state index in [4.69, 9.17) is 5.73 Å². The highest BCUT2D eigenvalue weighted by atomic mass is 19.1. The molecule has 0 fully saturated rings. The number of hydrogen-bond acceptors (Lipinski definition) is 5. The van der Waals surface area contributed by atoms with Gasteiger partial charge in [0, 0.05) is 17.9 Å². The van der Waals surface area contributed by atoms with E-state index in [0.29, 0.717) is 17.3 Å². The fourth-order valence-corrected chi connectivity index (χ4v) is 3.12. The summed E-state index contributed by atoms with van der Waals surface area (Å²) >= 11 is 0. The van der Waals surface area contributed by atoms with Gasteiger partial charge in [-0.1, -0.05) is 18.2 Å². The first-order valence-corrected chi connectivity index (χ1v) is 8.21. The van der Waals surface area contributed by atoms with Gasteiger partial charge in [0.25, 0.3) is 0 Å². The van der Waals surface area contributed by atoms with Gasteiger partial charge < -0.3 is 16.0 Å². The van der Waals surface area contributed by atoms with E-state index in [1.165, 1.54) is 24.0 Å². The maximum Gasteiger partial charge on any atom is 0.161 e. The van der Waals surface area contributed by atoms with E-state index in [0.717, 1.165) is 30.8 Å². The summed E-state index contributed by atoms with van der Waals surface area (Å²) in [5.41, 5.74) is 9.96. The molecule has 0 amide bonds. The minimum atomic E-state index is -0.285. The molecular formula is C19H18FN5. The minimum absolute atomic E-state index is 0.285. The predicted octanol–water partition coefficient (Wildman–Crippen LogP) is 4.03. The summed E-state index contributed by atoms with van der Waals surface area (Å²) in [6.45, 7) is 0.855. The second-order valence-corrected chi connectivity index (χ2v) is 5.98. The highest BCUT2D eigenvalue weighted by Gasteiger charge is 2.22. The Hall–Kier alpha value is -3.15. The standard InChI is InChI=1S/C19H18FN5/c20-14-7-9-15(10-8-14)24-18-17(21)19(23-12-22-18)25-11-3-5-13-4-1-2-6-16(13)25/h1-2,4,6-10,12H,3,5,11,21H2,(H,22,23,24). The lowest BCUT2D eigenvalue weighted by molar-refractivity contribution is 0.628. The second-order valence-electron chi connectivity index (χ2n) is 5.98. The smallest absolute Gasteiger partial charge is 0.161 e. The molecule has 5 nitrogen and oxygen atoms in total. The third-order valence-corrected chi connectivity index (χ3v) is 4.34. The zero-order valence-corrected chi connectivity index (χ0v) is 13.6. The van der Waals surface area contributed by atoms with Crippen LogP contribution < -0.4 is 16.0 Å². The molecule has 0 spiro atoms. The Balaban J connectivity index is 1.69. The van der Waals surface area contributed by atoms with Gasteiger partial charge in [-0.05, 0) is 48.7 Å². The van der Waals surface area contributed by atoms with Gasteiger partial charge in [-0.3, -0.25) is 0 Å². The number of rotatable bonds is 3. The normalized spacial score (nSPS) is 13.4. The van der Waals surface area contributed by atoms with Crippen LogP contribution >= 0.6 is 0 Å². The molecule has 0 bridgehead atoms. The highest BCUT2D eigenvalue weighted by molar-refractivity contribution is 5.82. The monoisotopic (exact) mass is 335 g/mol. The topological polar surface area (TPSA) is 67.1 Å². The lowest BCUT2D eigenvalue weighted by Gasteiger charge is -2.31. The van der Waals surface area contributed by atoms with Gasteiger partial charge in [0.1, 0.15) is 17.8 Å². The largest absolute Gasteiger partial charge is 0.393 e. The molecule has 2 heterocycles. The Labute approximate surface area is 145 Å². The van der Waals surface area contributed by atoms with E-state index in [1.807, 2.05) is 12.1 Å². The summed E-state index contributed by atoms with van der Waals surface area (Å²) < 4.78 is 13.1. The van der Waals surface area contributed by atoms with Crippen molar-refractivity contribution in [3.8, 4) is 0 Å². The van der Waals surface area contributed by atoms with Crippen LogP contribution in [0.25, 0.3) is 0 Å². The molecule has 6 heteroatoms. The number of benzene rings is 2. The zero-order chi connectivity index (χ0) is 17.2. The number of hydrogen-bond donors (Lipinski definition) is 2. The number of anilines is 5. The fourth-order valence-electron chi connectivity index (χ4n) is 3.12. The van der Waals surface area contributed by atoms with Crippen molar-refractivity contribution in [2.45, 2.75) is 12.8 Å². The molecule has 0 atom stereocenters. The van der Waals surface area contributed by atoms with Gasteiger partial charge in [-0.15, -0.1) is 0 Å². The summed E-state index contributed by atoms with van der Waals surface area (Å²) in [6.07, 6.45) is 3.59. The molecule has 3 N–H and O–H groups in total. The van der Waals surface area contributed by atoms with Crippen molar-refractivity contribution in [2.24, 2.45) is 0 Å². The summed E-state index contributed by atoms with van der Waals surface area (Å²) in [5, 5.41) is 3.13. The number of halogens is 1. The number of nitrogens with zero attached hydrogens (tertiary/aromatic N) is 3. The molecule has 1 aliphatic rings. The molecule has 1 aromatic heterocycles. The zero-order valence-electron chi connectivity index (χ0n) is 13.6. The number of nitrogen functional groups attached to an aromatic ring is 1. The Bertz CT molecular complexity index is 895. The lowest BCUT2D eigenvalue weighted by atomic mass is 10.0. The molecule has 0 unspecified atom stereocenters. The van der Waals surface area contributed by atoms with Crippen LogP contribution in [0, 0.1) is 5.82 Å². The van der Waals surface area contributed by atoms with E-state index in [1.54, 1.807) is 12.1 Å². The summed E-state index contributed by atoms with van der Waals surface area (Å²) in [5.74, 6) is 0.915. The first kappa shape index (κ1) is 15.4. The first-order chi connectivity index (χ1) is 12.2. The molecule has 0 radical (unpaired) electrons. The number of para-hydroxylation sites is 1. The maximum atomic E-state index is 13.1. The fraction of sp³-hybridized carbons (Fsp3) is 0.158. The van der Waals surface area contributed by atoms with Crippen molar-refractivity contribution in [3.05, 3.63) is 66.2 Å². The van der Waals surface area contributed by atoms with Gasteiger partial charge in [0.15, 0.2) is 11.6 Å². The average molecular weight is 335 g/mol. The lowest BCUT2D eigenvalue weighted by Crippen LogP contribution is -2.26. The molecule has 4 rings (SSSR count). The minimum Gasteiger partial charge on any atom is -0.393 e. The summed E-state index contributed by atoms with van der Waals surface area (Å²) in [4.78, 5) is 10.8. The SMILES string of the molecule is Nc1c(Nc2ccc(F)cc2)ncnc1N1CCCc2ccccc21. The van der Waals surface area contributed by atoms with Gasteiger partial charge in [0.2, 0.25) is 0 Å². The molecule has 25 heavy (non-hydrogen) atoms. The number of fused-ring (bicyclic) bond motifs is 1. The number of aromatic nitrogens is 2. The second kappa shape index (κ2) is 6.39. The summed E-state index contributed by atoms with van der Waals surface area (Å²) in [7, 11) is 0. The molecule has 0 saturated heterocycles. The molecule has 3 aromatic rings. The molecule has 2 aromatic carbocycles. The van der Waals surface area contributed by atoms with Crippen molar-refractivity contribution >= 4 is 28.7 Å². The maximum absolute atomic E-state index is 13.1. The van der Waals surface area contributed by atoms with Crippen molar-refractivity contribution < 1.29 is 4.39 Å².